The topological polar surface area (TPSA) is 106 Å². The van der Waals surface area contributed by atoms with E-state index < -0.39 is 23.8 Å². The minimum Gasteiger partial charge on any atom is -0.461 e. The van der Waals surface area contributed by atoms with Gasteiger partial charge >= 0.3 is 17.7 Å². The van der Waals surface area contributed by atoms with Crippen molar-refractivity contribution >= 4 is 23.4 Å². The lowest BCUT2D eigenvalue weighted by Gasteiger charge is -2.12. The number of ether oxygens (including phenoxy) is 2. The maximum absolute atomic E-state index is 11.8. The number of nitrogens with zero attached hydrogens (tertiary/aromatic N) is 2. The molecular formula is C12H18N2O5. The van der Waals surface area contributed by atoms with E-state index in [-0.39, 0.29) is 24.7 Å². The molecule has 0 aromatic carbocycles. The highest BCUT2D eigenvalue weighted by atomic mass is 16.6. The largest absolute Gasteiger partial charge is 0.461 e. The van der Waals surface area contributed by atoms with Crippen molar-refractivity contribution in [2.75, 3.05) is 6.61 Å². The van der Waals surface area contributed by atoms with Crippen molar-refractivity contribution in [3.05, 3.63) is 5.53 Å². The Morgan fingerprint density at radius 3 is 2.11 bits per heavy atom. The van der Waals surface area contributed by atoms with Crippen molar-refractivity contribution in [2.24, 2.45) is 5.92 Å². The van der Waals surface area contributed by atoms with E-state index in [1.54, 1.807) is 0 Å². The monoisotopic (exact) mass is 270 g/mol. The average Bonchev–Trinajstić information content (AvgIpc) is 2.24. The second-order valence-corrected chi connectivity index (χ2v) is 4.41. The molecule has 0 radical (unpaired) electrons. The molecule has 19 heavy (non-hydrogen) atoms. The van der Waals surface area contributed by atoms with Crippen LogP contribution >= 0.6 is 0 Å². The summed E-state index contributed by atoms with van der Waals surface area (Å²) in [5.41, 5.74) is 8.56. The lowest BCUT2D eigenvalue weighted by atomic mass is 10.0. The molecule has 106 valence electrons. The van der Waals surface area contributed by atoms with Gasteiger partial charge in [0.1, 0.15) is 6.61 Å². The summed E-state index contributed by atoms with van der Waals surface area (Å²) in [5, 5.41) is 0. The molecular weight excluding hydrogens is 252 g/mol. The van der Waals surface area contributed by atoms with E-state index in [1.807, 2.05) is 13.8 Å². The van der Waals surface area contributed by atoms with Crippen LogP contribution in [0.3, 0.4) is 0 Å². The lowest BCUT2D eigenvalue weighted by molar-refractivity contribution is -0.155. The summed E-state index contributed by atoms with van der Waals surface area (Å²) in [5.74, 6) is -1.67. The number of Topliss-reactive ketones (excluding diaryl/α,β-unsaturated/α-hetero) is 1. The normalized spacial score (nSPS) is 11.4. The molecule has 0 amide bonds. The van der Waals surface area contributed by atoms with Gasteiger partial charge in [-0.25, -0.2) is 0 Å². The Balaban J connectivity index is 4.97. The zero-order chi connectivity index (χ0) is 15.0. The van der Waals surface area contributed by atoms with Gasteiger partial charge in [0.05, 0.1) is 0 Å². The molecule has 0 saturated carbocycles. The van der Waals surface area contributed by atoms with Crippen LogP contribution in [0, 0.1) is 5.92 Å². The maximum atomic E-state index is 11.8. The minimum atomic E-state index is -1.20. The van der Waals surface area contributed by atoms with Gasteiger partial charge in [-0.05, 0) is 5.92 Å². The Hall–Kier alpha value is -2.01. The zero-order valence-electron chi connectivity index (χ0n) is 11.5. The Morgan fingerprint density at radius 1 is 1.16 bits per heavy atom. The van der Waals surface area contributed by atoms with E-state index in [9.17, 15) is 14.4 Å². The molecule has 1 atom stereocenters. The molecule has 7 nitrogen and oxygen atoms in total. The maximum Gasteiger partial charge on any atom is 0.378 e. The fourth-order valence-electron chi connectivity index (χ4n) is 1.34. The quantitative estimate of drug-likeness (QED) is 0.294. The van der Waals surface area contributed by atoms with Crippen molar-refractivity contribution in [1.29, 1.82) is 0 Å². The number of hydrogen-bond acceptors (Lipinski definition) is 5. The van der Waals surface area contributed by atoms with Gasteiger partial charge in [-0.1, -0.05) is 13.8 Å². The minimum absolute atomic E-state index is 0.0518. The number of ketones is 1. The molecule has 0 bridgehead atoms. The first kappa shape index (κ1) is 17.0. The number of rotatable bonds is 7. The highest BCUT2D eigenvalue weighted by Crippen LogP contribution is 2.06. The summed E-state index contributed by atoms with van der Waals surface area (Å²) >= 11 is 0. The Bertz CT molecular complexity index is 410. The fraction of sp³-hybridized carbons (Fsp3) is 0.667. The van der Waals surface area contributed by atoms with Crippen molar-refractivity contribution in [3.8, 4) is 0 Å². The Labute approximate surface area is 111 Å². The molecule has 0 heterocycles. The van der Waals surface area contributed by atoms with Crippen molar-refractivity contribution in [2.45, 2.75) is 40.2 Å². The summed E-state index contributed by atoms with van der Waals surface area (Å²) in [6, 6.07) is 0. The van der Waals surface area contributed by atoms with Gasteiger partial charge in [0.25, 0.3) is 0 Å². The molecule has 0 aliphatic heterocycles. The first-order valence-electron chi connectivity index (χ1n) is 5.83. The predicted octanol–water partition coefficient (Wildman–Crippen LogP) is 0.767. The summed E-state index contributed by atoms with van der Waals surface area (Å²) in [6.45, 7) is 5.59. The van der Waals surface area contributed by atoms with Crippen molar-refractivity contribution in [3.63, 3.8) is 0 Å². The van der Waals surface area contributed by atoms with E-state index in [0.717, 1.165) is 6.92 Å². The third-order valence-electron chi connectivity index (χ3n) is 2.04. The molecule has 0 aliphatic rings. The van der Waals surface area contributed by atoms with Gasteiger partial charge in [-0.3, -0.25) is 14.4 Å². The van der Waals surface area contributed by atoms with Crippen LogP contribution in [-0.2, 0) is 23.9 Å². The van der Waals surface area contributed by atoms with Crippen LogP contribution in [0.1, 0.15) is 34.1 Å². The molecule has 0 fully saturated rings. The molecule has 0 aromatic rings. The Kier molecular flexibility index (Phi) is 7.29. The smallest absolute Gasteiger partial charge is 0.378 e. The van der Waals surface area contributed by atoms with Crippen molar-refractivity contribution < 1.29 is 28.6 Å². The van der Waals surface area contributed by atoms with Gasteiger partial charge in [-0.15, -0.1) is 0 Å². The fourth-order valence-corrected chi connectivity index (χ4v) is 1.34. The lowest BCUT2D eigenvalue weighted by Crippen LogP contribution is -2.38. The molecule has 0 N–H and O–H groups in total. The van der Waals surface area contributed by atoms with E-state index in [0.29, 0.717) is 0 Å². The van der Waals surface area contributed by atoms with Gasteiger partial charge in [0, 0.05) is 20.3 Å². The SMILES string of the molecule is CC(=O)OCC(OC(C)=O)C(=[N+]=[N-])C(=O)CC(C)C. The third-order valence-corrected chi connectivity index (χ3v) is 2.04. The van der Waals surface area contributed by atoms with Crippen LogP contribution in [0.25, 0.3) is 5.53 Å². The van der Waals surface area contributed by atoms with Crippen LogP contribution in [0.15, 0.2) is 0 Å². The predicted molar refractivity (Wildman–Crippen MR) is 65.3 cm³/mol. The average molecular weight is 270 g/mol. The number of hydrogen-bond donors (Lipinski definition) is 0. The summed E-state index contributed by atoms with van der Waals surface area (Å²) in [6.07, 6.45) is -1.06. The number of carbonyl (C=O) groups excluding carboxylic acids is 3. The van der Waals surface area contributed by atoms with Crippen molar-refractivity contribution in [1.82, 2.24) is 0 Å². The van der Waals surface area contributed by atoms with Crippen LogP contribution in [0.5, 0.6) is 0 Å². The number of carbonyl (C=O) groups is 3. The van der Waals surface area contributed by atoms with Crippen LogP contribution in [0.2, 0.25) is 0 Å². The van der Waals surface area contributed by atoms with Crippen LogP contribution < -0.4 is 0 Å². The molecule has 1 unspecified atom stereocenters. The standard InChI is InChI=1S/C12H18N2O5/c1-7(2)5-10(17)12(14-13)11(19-9(4)16)6-18-8(3)15/h7,11H,5-6H2,1-4H3. The molecule has 7 heteroatoms. The highest BCUT2D eigenvalue weighted by molar-refractivity contribution is 6.39. The van der Waals surface area contributed by atoms with Crippen LogP contribution in [0.4, 0.5) is 0 Å². The first-order chi connectivity index (χ1) is 8.77. The molecule has 0 rings (SSSR count). The first-order valence-corrected chi connectivity index (χ1v) is 5.83. The van der Waals surface area contributed by atoms with Crippen LogP contribution in [-0.4, -0.2) is 40.9 Å². The zero-order valence-corrected chi connectivity index (χ0v) is 11.5. The van der Waals surface area contributed by atoms with Gasteiger partial charge in [0.2, 0.25) is 11.9 Å². The van der Waals surface area contributed by atoms with Gasteiger partial charge < -0.3 is 15.0 Å². The van der Waals surface area contributed by atoms with E-state index >= 15 is 0 Å². The molecule has 0 saturated heterocycles. The van der Waals surface area contributed by atoms with Gasteiger partial charge in [-0.2, -0.15) is 4.79 Å². The molecule has 0 aliphatic carbocycles. The van der Waals surface area contributed by atoms with E-state index in [1.165, 1.54) is 6.92 Å². The molecule has 0 spiro atoms. The van der Waals surface area contributed by atoms with Gasteiger partial charge in [0.15, 0.2) is 0 Å². The Morgan fingerprint density at radius 2 is 1.74 bits per heavy atom. The number of esters is 2. The highest BCUT2D eigenvalue weighted by Gasteiger charge is 2.34. The second-order valence-electron chi connectivity index (χ2n) is 4.41. The third kappa shape index (κ3) is 7.10. The summed E-state index contributed by atoms with van der Waals surface area (Å²) in [4.78, 5) is 36.4. The molecule has 0 aromatic heterocycles. The van der Waals surface area contributed by atoms with E-state index in [4.69, 9.17) is 10.3 Å². The summed E-state index contributed by atoms with van der Waals surface area (Å²) in [7, 11) is 0. The second kappa shape index (κ2) is 8.16. The van der Waals surface area contributed by atoms with E-state index in [2.05, 4.69) is 9.53 Å². The summed E-state index contributed by atoms with van der Waals surface area (Å²) < 4.78 is 9.51.